The molecule has 0 aliphatic heterocycles. The third-order valence-electron chi connectivity index (χ3n) is 3.54. The SMILES string of the molecule is CC(C)(CCCC(NC(=O)OC(C)(C)C)C(=O)O)[NH2+]CC(=O)OC(C)(C)C.[Cl-]. The predicted octanol–water partition coefficient (Wildman–Crippen LogP) is -1.18. The number of ether oxygens (including phenoxy) is 2. The van der Waals surface area contributed by atoms with Crippen LogP contribution in [0.15, 0.2) is 0 Å². The molecule has 0 spiro atoms. The molecule has 0 aromatic rings. The second-order valence-electron chi connectivity index (χ2n) is 9.41. The van der Waals surface area contributed by atoms with Gasteiger partial charge in [0.05, 0.1) is 5.54 Å². The number of quaternary nitrogens is 1. The number of nitrogens with one attached hydrogen (secondary N) is 1. The third-order valence-corrected chi connectivity index (χ3v) is 3.54. The Hall–Kier alpha value is -1.54. The largest absolute Gasteiger partial charge is 1.00 e. The number of carboxylic acids is 1. The number of carboxylic acid groups (broad SMARTS) is 1. The van der Waals surface area contributed by atoms with Crippen LogP contribution in [0.25, 0.3) is 0 Å². The minimum atomic E-state index is -1.10. The summed E-state index contributed by atoms with van der Waals surface area (Å²) in [7, 11) is 0. The van der Waals surface area contributed by atoms with Crippen molar-refractivity contribution in [2.75, 3.05) is 6.54 Å². The maximum Gasteiger partial charge on any atom is 0.408 e. The van der Waals surface area contributed by atoms with Crippen LogP contribution < -0.4 is 23.0 Å². The van der Waals surface area contributed by atoms with Gasteiger partial charge < -0.3 is 37.6 Å². The summed E-state index contributed by atoms with van der Waals surface area (Å²) in [5.41, 5.74) is -1.46. The van der Waals surface area contributed by atoms with Gasteiger partial charge in [0.1, 0.15) is 17.2 Å². The zero-order valence-electron chi connectivity index (χ0n) is 18.3. The second-order valence-corrected chi connectivity index (χ2v) is 9.41. The van der Waals surface area contributed by atoms with E-state index < -0.39 is 29.3 Å². The lowest BCUT2D eigenvalue weighted by Crippen LogP contribution is -3.00. The molecule has 0 aliphatic rings. The van der Waals surface area contributed by atoms with Crippen LogP contribution in [0.5, 0.6) is 0 Å². The Morgan fingerprint density at radius 3 is 1.89 bits per heavy atom. The van der Waals surface area contributed by atoms with Gasteiger partial charge in [0.15, 0.2) is 6.54 Å². The van der Waals surface area contributed by atoms with Crippen molar-refractivity contribution in [2.45, 2.75) is 97.4 Å². The number of hydrogen-bond acceptors (Lipinski definition) is 5. The Morgan fingerprint density at radius 1 is 0.964 bits per heavy atom. The minimum absolute atomic E-state index is 0. The molecule has 0 aromatic heterocycles. The first-order chi connectivity index (χ1) is 12.0. The van der Waals surface area contributed by atoms with Gasteiger partial charge in [-0.1, -0.05) is 0 Å². The number of carbonyl (C=O) groups excluding carboxylic acids is 2. The van der Waals surface area contributed by atoms with Crippen molar-refractivity contribution in [3.63, 3.8) is 0 Å². The Morgan fingerprint density at radius 2 is 1.46 bits per heavy atom. The topological polar surface area (TPSA) is 119 Å². The standard InChI is InChI=1S/C19H36N2O6.ClH/c1-17(2,3)26-14(22)12-20-19(7,8)11-9-10-13(15(23)24)21-16(25)27-18(4,5)6;/h13,20H,9-12H2,1-8H3,(H,21,25)(H,23,24);1H. The van der Waals surface area contributed by atoms with E-state index in [1.807, 2.05) is 39.9 Å². The van der Waals surface area contributed by atoms with Crippen LogP contribution >= 0.6 is 0 Å². The van der Waals surface area contributed by atoms with Gasteiger partial charge in [0.2, 0.25) is 0 Å². The summed E-state index contributed by atoms with van der Waals surface area (Å²) in [6.07, 6.45) is 0.781. The lowest BCUT2D eigenvalue weighted by Gasteiger charge is -2.25. The molecule has 0 bridgehead atoms. The minimum Gasteiger partial charge on any atom is -1.00 e. The van der Waals surface area contributed by atoms with E-state index in [1.54, 1.807) is 20.8 Å². The molecule has 0 saturated heterocycles. The highest BCUT2D eigenvalue weighted by Crippen LogP contribution is 2.12. The summed E-state index contributed by atoms with van der Waals surface area (Å²) in [5.74, 6) is -1.39. The number of carbonyl (C=O) groups is 3. The van der Waals surface area contributed by atoms with Gasteiger partial charge in [-0.2, -0.15) is 0 Å². The maximum absolute atomic E-state index is 11.8. The van der Waals surface area contributed by atoms with Gasteiger partial charge in [-0.15, -0.1) is 0 Å². The summed E-state index contributed by atoms with van der Waals surface area (Å²) in [4.78, 5) is 35.0. The Kier molecular flexibility index (Phi) is 11.7. The zero-order chi connectivity index (χ0) is 21.5. The van der Waals surface area contributed by atoms with Gasteiger partial charge >= 0.3 is 18.0 Å². The number of amides is 1. The zero-order valence-corrected chi connectivity index (χ0v) is 19.1. The van der Waals surface area contributed by atoms with Crippen molar-refractivity contribution in [1.82, 2.24) is 5.32 Å². The Balaban J connectivity index is 0. The molecule has 0 aliphatic carbocycles. The second kappa shape index (κ2) is 11.5. The van der Waals surface area contributed by atoms with Crippen LogP contribution in [0.2, 0.25) is 0 Å². The van der Waals surface area contributed by atoms with Crippen LogP contribution in [0.4, 0.5) is 4.79 Å². The van der Waals surface area contributed by atoms with Crippen LogP contribution in [0.1, 0.15) is 74.7 Å². The number of esters is 1. The highest BCUT2D eigenvalue weighted by Gasteiger charge is 2.27. The molecule has 0 saturated carbocycles. The first-order valence-corrected chi connectivity index (χ1v) is 9.29. The molecule has 166 valence electrons. The normalized spacial score (nSPS) is 13.1. The molecule has 8 nitrogen and oxygen atoms in total. The molecule has 28 heavy (non-hydrogen) atoms. The highest BCUT2D eigenvalue weighted by atomic mass is 35.5. The molecule has 1 atom stereocenters. The summed E-state index contributed by atoms with van der Waals surface area (Å²) >= 11 is 0. The van der Waals surface area contributed by atoms with E-state index in [0.29, 0.717) is 12.8 Å². The molecule has 0 radical (unpaired) electrons. The lowest BCUT2D eigenvalue weighted by atomic mass is 9.95. The Bertz CT molecular complexity index is 523. The molecule has 0 fully saturated rings. The first-order valence-electron chi connectivity index (χ1n) is 9.29. The molecule has 1 amide bonds. The quantitative estimate of drug-likeness (QED) is 0.401. The fourth-order valence-corrected chi connectivity index (χ4v) is 2.31. The van der Waals surface area contributed by atoms with Crippen molar-refractivity contribution >= 4 is 18.0 Å². The molecule has 0 heterocycles. The molecular weight excluding hydrogens is 388 g/mol. The first kappa shape index (κ1) is 28.7. The number of hydrogen-bond donors (Lipinski definition) is 3. The summed E-state index contributed by atoms with van der Waals surface area (Å²) in [6.45, 7) is 14.8. The van der Waals surface area contributed by atoms with Crippen molar-refractivity contribution in [2.24, 2.45) is 0 Å². The summed E-state index contributed by atoms with van der Waals surface area (Å²) < 4.78 is 10.4. The van der Waals surface area contributed by atoms with Crippen molar-refractivity contribution in [3.8, 4) is 0 Å². The number of aliphatic carboxylic acids is 1. The number of nitrogens with two attached hydrogens (primary N) is 1. The average molecular weight is 425 g/mol. The van der Waals surface area contributed by atoms with E-state index in [4.69, 9.17) is 9.47 Å². The van der Waals surface area contributed by atoms with E-state index in [-0.39, 0.29) is 36.9 Å². The fraction of sp³-hybridized carbons (Fsp3) is 0.842. The van der Waals surface area contributed by atoms with E-state index >= 15 is 0 Å². The van der Waals surface area contributed by atoms with Crippen molar-refractivity contribution < 1.29 is 46.7 Å². The van der Waals surface area contributed by atoms with E-state index in [1.165, 1.54) is 0 Å². The average Bonchev–Trinajstić information content (AvgIpc) is 2.40. The molecule has 4 N–H and O–H groups in total. The van der Waals surface area contributed by atoms with Gasteiger partial charge in [0.25, 0.3) is 0 Å². The molecule has 9 heteroatoms. The smallest absolute Gasteiger partial charge is 0.408 e. The molecule has 1 unspecified atom stereocenters. The number of alkyl carbamates (subject to hydrolysis) is 1. The van der Waals surface area contributed by atoms with E-state index in [9.17, 15) is 19.5 Å². The molecule has 0 rings (SSSR count). The van der Waals surface area contributed by atoms with Crippen molar-refractivity contribution in [3.05, 3.63) is 0 Å². The predicted molar refractivity (Wildman–Crippen MR) is 101 cm³/mol. The molecule has 0 aromatic carbocycles. The highest BCUT2D eigenvalue weighted by molar-refractivity contribution is 5.79. The van der Waals surface area contributed by atoms with Gasteiger partial charge in [-0.3, -0.25) is 0 Å². The number of halogens is 1. The fourth-order valence-electron chi connectivity index (χ4n) is 2.31. The third kappa shape index (κ3) is 15.5. The van der Waals surface area contributed by atoms with Gasteiger partial charge in [-0.25, -0.2) is 14.4 Å². The van der Waals surface area contributed by atoms with Crippen LogP contribution in [-0.2, 0) is 19.1 Å². The monoisotopic (exact) mass is 424 g/mol. The molecular formula is C19H37ClN2O6. The summed E-state index contributed by atoms with van der Waals surface area (Å²) in [5, 5.41) is 13.6. The van der Waals surface area contributed by atoms with Crippen LogP contribution in [-0.4, -0.2) is 52.5 Å². The van der Waals surface area contributed by atoms with E-state index in [2.05, 4.69) is 5.32 Å². The van der Waals surface area contributed by atoms with Crippen LogP contribution in [0.3, 0.4) is 0 Å². The number of rotatable bonds is 9. The maximum atomic E-state index is 11.8. The van der Waals surface area contributed by atoms with Crippen LogP contribution in [0, 0.1) is 0 Å². The van der Waals surface area contributed by atoms with Gasteiger partial charge in [-0.05, 0) is 68.2 Å². The Labute approximate surface area is 174 Å². The van der Waals surface area contributed by atoms with Crippen molar-refractivity contribution in [1.29, 1.82) is 0 Å². The lowest BCUT2D eigenvalue weighted by molar-refractivity contribution is -0.713. The summed E-state index contributed by atoms with van der Waals surface area (Å²) in [6, 6.07) is -1.01. The van der Waals surface area contributed by atoms with E-state index in [0.717, 1.165) is 0 Å². The van der Waals surface area contributed by atoms with Gasteiger partial charge in [0, 0.05) is 6.42 Å².